The first-order valence-corrected chi connectivity index (χ1v) is 8.65. The Kier molecular flexibility index (Phi) is 3.96. The van der Waals surface area contributed by atoms with Crippen molar-refractivity contribution >= 4 is 28.5 Å². The molecule has 132 valence electrons. The van der Waals surface area contributed by atoms with Crippen LogP contribution in [-0.2, 0) is 0 Å². The first-order chi connectivity index (χ1) is 12.5. The van der Waals surface area contributed by atoms with E-state index >= 15 is 0 Å². The minimum Gasteiger partial charge on any atom is -0.494 e. The molecule has 2 aromatic carbocycles. The molecule has 1 atom stereocenters. The highest BCUT2D eigenvalue weighted by Crippen LogP contribution is 2.37. The molecule has 1 unspecified atom stereocenters. The van der Waals surface area contributed by atoms with Crippen molar-refractivity contribution in [2.45, 2.75) is 13.0 Å². The highest BCUT2D eigenvalue weighted by atomic mass is 35.5. The van der Waals surface area contributed by atoms with Gasteiger partial charge < -0.3 is 14.1 Å². The molecule has 0 spiro atoms. The molecule has 0 N–H and O–H groups in total. The van der Waals surface area contributed by atoms with Crippen LogP contribution in [0, 0.1) is 0 Å². The third kappa shape index (κ3) is 2.47. The number of amides is 1. The largest absolute Gasteiger partial charge is 0.494 e. The molecular formula is C20H16ClNO4. The zero-order chi connectivity index (χ0) is 18.4. The van der Waals surface area contributed by atoms with Crippen LogP contribution in [-0.4, -0.2) is 24.5 Å². The van der Waals surface area contributed by atoms with Gasteiger partial charge in [0.1, 0.15) is 11.3 Å². The topological polar surface area (TPSA) is 59.8 Å². The first-order valence-electron chi connectivity index (χ1n) is 8.27. The van der Waals surface area contributed by atoms with Crippen LogP contribution < -0.4 is 10.2 Å². The summed E-state index contributed by atoms with van der Waals surface area (Å²) < 4.78 is 11.2. The van der Waals surface area contributed by atoms with Crippen LogP contribution >= 0.6 is 11.6 Å². The average Bonchev–Trinajstić information content (AvgIpc) is 2.89. The molecule has 0 saturated heterocycles. The van der Waals surface area contributed by atoms with Gasteiger partial charge >= 0.3 is 0 Å². The first kappa shape index (κ1) is 16.7. The van der Waals surface area contributed by atoms with Gasteiger partial charge in [0.15, 0.2) is 5.43 Å². The number of halogens is 1. The Morgan fingerprint density at radius 1 is 1.15 bits per heavy atom. The Bertz CT molecular complexity index is 1070. The van der Waals surface area contributed by atoms with Crippen molar-refractivity contribution in [2.75, 3.05) is 13.7 Å². The van der Waals surface area contributed by atoms with Crippen molar-refractivity contribution in [1.82, 2.24) is 4.90 Å². The van der Waals surface area contributed by atoms with Crippen LogP contribution in [0.2, 0.25) is 5.02 Å². The van der Waals surface area contributed by atoms with Crippen molar-refractivity contribution in [3.8, 4) is 5.75 Å². The van der Waals surface area contributed by atoms with E-state index in [1.54, 1.807) is 25.2 Å². The van der Waals surface area contributed by atoms with E-state index in [2.05, 4.69) is 0 Å². The van der Waals surface area contributed by atoms with E-state index in [-0.39, 0.29) is 17.1 Å². The fourth-order valence-electron chi connectivity index (χ4n) is 3.36. The minimum atomic E-state index is -0.507. The third-order valence-electron chi connectivity index (χ3n) is 4.57. The van der Waals surface area contributed by atoms with Crippen LogP contribution in [0.5, 0.6) is 5.75 Å². The number of benzene rings is 2. The fourth-order valence-corrected chi connectivity index (χ4v) is 3.54. The van der Waals surface area contributed by atoms with Gasteiger partial charge in [0.25, 0.3) is 5.91 Å². The van der Waals surface area contributed by atoms with Gasteiger partial charge in [-0.1, -0.05) is 23.7 Å². The molecule has 3 aromatic rings. The Balaban J connectivity index is 1.91. The van der Waals surface area contributed by atoms with Crippen molar-refractivity contribution in [3.05, 3.63) is 74.6 Å². The van der Waals surface area contributed by atoms with E-state index < -0.39 is 6.04 Å². The second-order valence-electron chi connectivity index (χ2n) is 6.14. The lowest BCUT2D eigenvalue weighted by atomic mass is 9.99. The predicted molar refractivity (Wildman–Crippen MR) is 99.0 cm³/mol. The second kappa shape index (κ2) is 6.18. The lowest BCUT2D eigenvalue weighted by Gasteiger charge is -2.20. The van der Waals surface area contributed by atoms with Crippen LogP contribution in [0.1, 0.15) is 34.6 Å². The number of hydrogen-bond donors (Lipinski definition) is 0. The summed E-state index contributed by atoms with van der Waals surface area (Å²) in [6, 6.07) is 11.7. The molecule has 5 nitrogen and oxygen atoms in total. The van der Waals surface area contributed by atoms with Gasteiger partial charge in [0.2, 0.25) is 5.76 Å². The Hall–Kier alpha value is -2.79. The molecular weight excluding hydrogens is 354 g/mol. The standard InChI is InChI=1S/C20H16ClNO4/c1-3-25-13-7-4-11(5-8-13)17-16-18(23)14-10-12(21)6-9-15(14)26-19(16)20(24)22(17)2/h4-10,17H,3H2,1-2H3. The molecule has 0 saturated carbocycles. The molecule has 6 heteroatoms. The summed E-state index contributed by atoms with van der Waals surface area (Å²) in [5.74, 6) is 0.514. The smallest absolute Gasteiger partial charge is 0.290 e. The summed E-state index contributed by atoms with van der Waals surface area (Å²) in [6.07, 6.45) is 0. The van der Waals surface area contributed by atoms with E-state index in [1.807, 2.05) is 31.2 Å². The molecule has 2 heterocycles. The van der Waals surface area contributed by atoms with Gasteiger partial charge in [-0.2, -0.15) is 0 Å². The molecule has 1 aliphatic rings. The van der Waals surface area contributed by atoms with E-state index in [4.69, 9.17) is 20.8 Å². The molecule has 0 radical (unpaired) electrons. The summed E-state index contributed by atoms with van der Waals surface area (Å²) >= 11 is 6.03. The minimum absolute atomic E-state index is 0.0891. The Morgan fingerprint density at radius 2 is 1.88 bits per heavy atom. The summed E-state index contributed by atoms with van der Waals surface area (Å²) in [7, 11) is 1.66. The lowest BCUT2D eigenvalue weighted by Crippen LogP contribution is -2.25. The van der Waals surface area contributed by atoms with Gasteiger partial charge in [-0.3, -0.25) is 9.59 Å². The lowest BCUT2D eigenvalue weighted by molar-refractivity contribution is 0.0771. The van der Waals surface area contributed by atoms with Crippen molar-refractivity contribution < 1.29 is 13.9 Å². The van der Waals surface area contributed by atoms with Crippen LogP contribution in [0.4, 0.5) is 0 Å². The zero-order valence-corrected chi connectivity index (χ0v) is 15.0. The van der Waals surface area contributed by atoms with E-state index in [1.165, 1.54) is 4.90 Å². The normalized spacial score (nSPS) is 16.2. The summed E-state index contributed by atoms with van der Waals surface area (Å²) in [4.78, 5) is 27.3. The maximum absolute atomic E-state index is 13.1. The number of fused-ring (bicyclic) bond motifs is 2. The quantitative estimate of drug-likeness (QED) is 0.699. The SMILES string of the molecule is CCOc1ccc(C2c3c(oc4ccc(Cl)cc4c3=O)C(=O)N2C)cc1. The Labute approximate surface area is 154 Å². The van der Waals surface area contributed by atoms with Gasteiger partial charge in [0.05, 0.1) is 23.6 Å². The average molecular weight is 370 g/mol. The van der Waals surface area contributed by atoms with Crippen molar-refractivity contribution in [1.29, 1.82) is 0 Å². The molecule has 1 amide bonds. The van der Waals surface area contributed by atoms with Crippen LogP contribution in [0.15, 0.2) is 51.7 Å². The zero-order valence-electron chi connectivity index (χ0n) is 14.3. The molecule has 0 fully saturated rings. The molecule has 26 heavy (non-hydrogen) atoms. The predicted octanol–water partition coefficient (Wildman–Crippen LogP) is 4.02. The summed E-state index contributed by atoms with van der Waals surface area (Å²) in [5.41, 5.74) is 1.28. The van der Waals surface area contributed by atoms with Crippen LogP contribution in [0.3, 0.4) is 0 Å². The van der Waals surface area contributed by atoms with Gasteiger partial charge in [0, 0.05) is 12.1 Å². The van der Waals surface area contributed by atoms with Crippen molar-refractivity contribution in [2.24, 2.45) is 0 Å². The molecule has 1 aromatic heterocycles. The van der Waals surface area contributed by atoms with E-state index in [0.29, 0.717) is 28.2 Å². The number of nitrogens with zero attached hydrogens (tertiary/aromatic N) is 1. The van der Waals surface area contributed by atoms with Gasteiger partial charge in [-0.25, -0.2) is 0 Å². The second-order valence-corrected chi connectivity index (χ2v) is 6.57. The number of hydrogen-bond acceptors (Lipinski definition) is 4. The van der Waals surface area contributed by atoms with Crippen molar-refractivity contribution in [3.63, 3.8) is 0 Å². The van der Waals surface area contributed by atoms with Gasteiger partial charge in [-0.05, 0) is 42.8 Å². The maximum atomic E-state index is 13.1. The highest BCUT2D eigenvalue weighted by molar-refractivity contribution is 6.31. The fraction of sp³-hybridized carbons (Fsp3) is 0.200. The number of carbonyl (C=O) groups is 1. The molecule has 4 rings (SSSR count). The van der Waals surface area contributed by atoms with Crippen LogP contribution in [0.25, 0.3) is 11.0 Å². The van der Waals surface area contributed by atoms with E-state index in [0.717, 1.165) is 11.3 Å². The third-order valence-corrected chi connectivity index (χ3v) is 4.80. The van der Waals surface area contributed by atoms with E-state index in [9.17, 15) is 9.59 Å². The monoisotopic (exact) mass is 369 g/mol. The Morgan fingerprint density at radius 3 is 2.58 bits per heavy atom. The molecule has 0 aliphatic carbocycles. The number of carbonyl (C=O) groups excluding carboxylic acids is 1. The summed E-state index contributed by atoms with van der Waals surface area (Å²) in [6.45, 7) is 2.48. The number of rotatable bonds is 3. The molecule has 0 bridgehead atoms. The number of ether oxygens (including phenoxy) is 1. The van der Waals surface area contributed by atoms with Gasteiger partial charge in [-0.15, -0.1) is 0 Å². The highest BCUT2D eigenvalue weighted by Gasteiger charge is 2.40. The summed E-state index contributed by atoms with van der Waals surface area (Å²) in [5, 5.41) is 0.815. The maximum Gasteiger partial charge on any atom is 0.290 e. The molecule has 1 aliphatic heterocycles.